The van der Waals surface area contributed by atoms with Crippen LogP contribution in [0.2, 0.25) is 0 Å². The van der Waals surface area contributed by atoms with Crippen molar-refractivity contribution in [3.8, 4) is 0 Å². The molecular weight excluding hydrogens is 288 g/mol. The summed E-state index contributed by atoms with van der Waals surface area (Å²) in [6.45, 7) is 0. The summed E-state index contributed by atoms with van der Waals surface area (Å²) in [5.74, 6) is -0.391. The second-order valence-corrected chi connectivity index (χ2v) is 5.19. The van der Waals surface area contributed by atoms with E-state index in [2.05, 4.69) is 0 Å². The van der Waals surface area contributed by atoms with E-state index in [-0.39, 0.29) is 18.2 Å². The van der Waals surface area contributed by atoms with Crippen LogP contribution in [-0.2, 0) is 16.0 Å². The summed E-state index contributed by atoms with van der Waals surface area (Å²) >= 11 is 0. The van der Waals surface area contributed by atoms with Crippen molar-refractivity contribution >= 4 is 17.9 Å². The molecule has 0 bridgehead atoms. The Balaban J connectivity index is 1.95. The van der Waals surface area contributed by atoms with Crippen molar-refractivity contribution < 1.29 is 9.59 Å². The number of nitrogens with zero attached hydrogens (tertiary/aromatic N) is 2. The van der Waals surface area contributed by atoms with Gasteiger partial charge in [0.15, 0.2) is 0 Å². The van der Waals surface area contributed by atoms with E-state index in [1.54, 1.807) is 20.2 Å². The molecule has 0 atom stereocenters. The van der Waals surface area contributed by atoms with Gasteiger partial charge in [0.05, 0.1) is 6.42 Å². The molecule has 0 aromatic heterocycles. The van der Waals surface area contributed by atoms with Gasteiger partial charge in [0.2, 0.25) is 5.91 Å². The Morgan fingerprint density at radius 3 is 2.04 bits per heavy atom. The third-order valence-corrected chi connectivity index (χ3v) is 3.55. The number of carbonyl (C=O) groups excluding carboxylic acids is 2. The largest absolute Gasteiger partial charge is 0.273 e. The topological polar surface area (TPSA) is 40.6 Å². The van der Waals surface area contributed by atoms with Crippen LogP contribution in [0.25, 0.3) is 6.08 Å². The lowest BCUT2D eigenvalue weighted by Gasteiger charge is -2.27. The first-order valence-corrected chi connectivity index (χ1v) is 7.39. The maximum absolute atomic E-state index is 12.2. The number of hydrazine groups is 1. The fraction of sp³-hybridized carbons (Fsp3) is 0.158. The Kier molecular flexibility index (Phi) is 5.69. The van der Waals surface area contributed by atoms with E-state index in [0.717, 1.165) is 11.1 Å². The van der Waals surface area contributed by atoms with Crippen molar-refractivity contribution in [1.29, 1.82) is 0 Å². The van der Waals surface area contributed by atoms with Crippen LogP contribution in [0.4, 0.5) is 0 Å². The number of hydrogen-bond acceptors (Lipinski definition) is 2. The number of hydrogen-bond donors (Lipinski definition) is 0. The molecule has 0 aliphatic rings. The summed E-state index contributed by atoms with van der Waals surface area (Å²) in [7, 11) is 3.18. The quantitative estimate of drug-likeness (QED) is 0.644. The summed E-state index contributed by atoms with van der Waals surface area (Å²) in [5.41, 5.74) is 1.86. The van der Waals surface area contributed by atoms with Gasteiger partial charge in [-0.05, 0) is 17.2 Å². The van der Waals surface area contributed by atoms with Gasteiger partial charge in [0, 0.05) is 20.2 Å². The van der Waals surface area contributed by atoms with Crippen molar-refractivity contribution in [3.63, 3.8) is 0 Å². The van der Waals surface area contributed by atoms with E-state index in [9.17, 15) is 9.59 Å². The smallest absolute Gasteiger partial charge is 0.264 e. The third-order valence-electron chi connectivity index (χ3n) is 3.55. The van der Waals surface area contributed by atoms with Crippen molar-refractivity contribution in [2.45, 2.75) is 6.42 Å². The fourth-order valence-corrected chi connectivity index (χ4v) is 2.04. The van der Waals surface area contributed by atoms with Crippen LogP contribution in [0.5, 0.6) is 0 Å². The summed E-state index contributed by atoms with van der Waals surface area (Å²) in [6, 6.07) is 19.0. The first kappa shape index (κ1) is 16.5. The highest BCUT2D eigenvalue weighted by Gasteiger charge is 2.17. The molecule has 2 amide bonds. The fourth-order valence-electron chi connectivity index (χ4n) is 2.04. The van der Waals surface area contributed by atoms with Crippen LogP contribution in [0.1, 0.15) is 11.1 Å². The predicted octanol–water partition coefficient (Wildman–Crippen LogP) is 2.77. The number of rotatable bonds is 4. The van der Waals surface area contributed by atoms with Gasteiger partial charge in [-0.3, -0.25) is 19.6 Å². The lowest BCUT2D eigenvalue weighted by molar-refractivity contribution is -0.154. The number of benzene rings is 2. The molecule has 4 heteroatoms. The zero-order valence-electron chi connectivity index (χ0n) is 13.3. The molecule has 0 heterocycles. The Bertz CT molecular complexity index is 681. The summed E-state index contributed by atoms with van der Waals surface area (Å²) in [5, 5.41) is 2.65. The van der Waals surface area contributed by atoms with Gasteiger partial charge in [-0.25, -0.2) is 0 Å². The van der Waals surface area contributed by atoms with Crippen molar-refractivity contribution in [2.24, 2.45) is 0 Å². The second-order valence-electron chi connectivity index (χ2n) is 5.19. The maximum Gasteiger partial charge on any atom is 0.264 e. The SMILES string of the molecule is CN(C(=O)/C=C/c1ccccc1)N(C)C(=O)Cc1ccccc1. The monoisotopic (exact) mass is 308 g/mol. The summed E-state index contributed by atoms with van der Waals surface area (Å²) in [6.07, 6.45) is 3.45. The van der Waals surface area contributed by atoms with Gasteiger partial charge in [-0.2, -0.15) is 0 Å². The standard InChI is InChI=1S/C19H20N2O2/c1-20(18(22)14-13-16-9-5-3-6-10-16)21(2)19(23)15-17-11-7-4-8-12-17/h3-14H,15H2,1-2H3/b14-13+. The molecule has 4 nitrogen and oxygen atoms in total. The highest BCUT2D eigenvalue weighted by molar-refractivity contribution is 5.93. The third kappa shape index (κ3) is 4.81. The van der Waals surface area contributed by atoms with E-state index in [4.69, 9.17) is 0 Å². The number of likely N-dealkylation sites (N-methyl/N-ethyl adjacent to an activating group) is 2. The number of carbonyl (C=O) groups is 2. The molecule has 0 saturated heterocycles. The highest BCUT2D eigenvalue weighted by atomic mass is 16.2. The molecule has 2 aromatic rings. The predicted molar refractivity (Wildman–Crippen MR) is 91.2 cm³/mol. The minimum atomic E-state index is -0.252. The molecule has 0 spiro atoms. The molecule has 0 aliphatic heterocycles. The molecule has 2 rings (SSSR count). The van der Waals surface area contributed by atoms with Gasteiger partial charge in [0.25, 0.3) is 5.91 Å². The van der Waals surface area contributed by atoms with Crippen LogP contribution < -0.4 is 0 Å². The Morgan fingerprint density at radius 1 is 0.870 bits per heavy atom. The van der Waals surface area contributed by atoms with E-state index < -0.39 is 0 Å². The van der Waals surface area contributed by atoms with Crippen LogP contribution in [0.3, 0.4) is 0 Å². The average molecular weight is 308 g/mol. The number of amides is 2. The van der Waals surface area contributed by atoms with Crippen LogP contribution in [0, 0.1) is 0 Å². The maximum atomic E-state index is 12.2. The van der Waals surface area contributed by atoms with Crippen molar-refractivity contribution in [1.82, 2.24) is 10.0 Å². The van der Waals surface area contributed by atoms with Crippen molar-refractivity contribution in [2.75, 3.05) is 14.1 Å². The molecule has 0 fully saturated rings. The lowest BCUT2D eigenvalue weighted by atomic mass is 10.1. The van der Waals surface area contributed by atoms with E-state index in [1.807, 2.05) is 60.7 Å². The minimum absolute atomic E-state index is 0.139. The van der Waals surface area contributed by atoms with Crippen LogP contribution in [0.15, 0.2) is 66.7 Å². The van der Waals surface area contributed by atoms with Gasteiger partial charge in [-0.1, -0.05) is 60.7 Å². The van der Waals surface area contributed by atoms with Crippen LogP contribution in [-0.4, -0.2) is 35.9 Å². The lowest BCUT2D eigenvalue weighted by Crippen LogP contribution is -2.44. The first-order valence-electron chi connectivity index (χ1n) is 7.39. The molecule has 23 heavy (non-hydrogen) atoms. The normalized spacial score (nSPS) is 10.5. The zero-order valence-corrected chi connectivity index (χ0v) is 13.3. The van der Waals surface area contributed by atoms with Crippen molar-refractivity contribution in [3.05, 3.63) is 77.9 Å². The second kappa shape index (κ2) is 7.94. The van der Waals surface area contributed by atoms with Gasteiger partial charge in [0.1, 0.15) is 0 Å². The summed E-state index contributed by atoms with van der Waals surface area (Å²) in [4.78, 5) is 24.4. The molecule has 0 N–H and O–H groups in total. The molecule has 0 aliphatic carbocycles. The molecule has 0 unspecified atom stereocenters. The molecule has 0 saturated carbocycles. The molecule has 2 aromatic carbocycles. The summed E-state index contributed by atoms with van der Waals surface area (Å²) < 4.78 is 0. The van der Waals surface area contributed by atoms with Gasteiger partial charge < -0.3 is 0 Å². The van der Waals surface area contributed by atoms with Crippen LogP contribution >= 0.6 is 0 Å². The molecule has 118 valence electrons. The molecule has 0 radical (unpaired) electrons. The zero-order chi connectivity index (χ0) is 16.7. The van der Waals surface area contributed by atoms with Gasteiger partial charge >= 0.3 is 0 Å². The Morgan fingerprint density at radius 2 is 1.43 bits per heavy atom. The average Bonchev–Trinajstić information content (AvgIpc) is 2.60. The molecular formula is C19H20N2O2. The highest BCUT2D eigenvalue weighted by Crippen LogP contribution is 2.05. The minimum Gasteiger partial charge on any atom is -0.273 e. The Labute approximate surface area is 136 Å². The van der Waals surface area contributed by atoms with Gasteiger partial charge in [-0.15, -0.1) is 0 Å². The van der Waals surface area contributed by atoms with E-state index >= 15 is 0 Å². The first-order chi connectivity index (χ1) is 11.1. The van der Waals surface area contributed by atoms with E-state index in [1.165, 1.54) is 16.1 Å². The van der Waals surface area contributed by atoms with E-state index in [0.29, 0.717) is 0 Å². The Hall–Kier alpha value is -2.88.